The summed E-state index contributed by atoms with van der Waals surface area (Å²) in [6.45, 7) is 0.455. The van der Waals surface area contributed by atoms with E-state index in [1.54, 1.807) is 42.7 Å². The van der Waals surface area contributed by atoms with Crippen molar-refractivity contribution in [2.24, 2.45) is 0 Å². The number of halogens is 1. The van der Waals surface area contributed by atoms with Crippen molar-refractivity contribution in [3.8, 4) is 0 Å². The molecule has 7 nitrogen and oxygen atoms in total. The van der Waals surface area contributed by atoms with Gasteiger partial charge in [0.2, 0.25) is 5.91 Å². The van der Waals surface area contributed by atoms with Crippen LogP contribution in [0, 0.1) is 0 Å². The van der Waals surface area contributed by atoms with Gasteiger partial charge in [0, 0.05) is 35.4 Å². The SMILES string of the molecule is COC(=O)[C@@H]1CCCN1C(=O)[C@H](Cc1cccnc1)NC(=O)c1ccc(Br)cc1. The van der Waals surface area contributed by atoms with Crippen molar-refractivity contribution in [1.82, 2.24) is 15.2 Å². The highest BCUT2D eigenvalue weighted by molar-refractivity contribution is 9.10. The minimum atomic E-state index is -0.819. The summed E-state index contributed by atoms with van der Waals surface area (Å²) in [6, 6.07) is 9.08. The average Bonchev–Trinajstić information content (AvgIpc) is 3.23. The summed E-state index contributed by atoms with van der Waals surface area (Å²) in [5.41, 5.74) is 1.26. The molecule has 1 aliphatic heterocycles. The molecule has 2 heterocycles. The van der Waals surface area contributed by atoms with Gasteiger partial charge < -0.3 is 15.0 Å². The number of ether oxygens (including phenoxy) is 1. The van der Waals surface area contributed by atoms with Gasteiger partial charge in [-0.2, -0.15) is 0 Å². The van der Waals surface area contributed by atoms with E-state index in [2.05, 4.69) is 26.2 Å². The fourth-order valence-corrected chi connectivity index (χ4v) is 3.67. The quantitative estimate of drug-likeness (QED) is 0.669. The van der Waals surface area contributed by atoms with Crippen LogP contribution in [0.4, 0.5) is 0 Å². The third-order valence-electron chi connectivity index (χ3n) is 4.88. The van der Waals surface area contributed by atoms with Gasteiger partial charge in [-0.05, 0) is 48.7 Å². The molecular formula is C21H22BrN3O4. The van der Waals surface area contributed by atoms with Crippen molar-refractivity contribution in [3.63, 3.8) is 0 Å². The lowest BCUT2D eigenvalue weighted by molar-refractivity contribution is -0.151. The highest BCUT2D eigenvalue weighted by Crippen LogP contribution is 2.21. The molecule has 0 bridgehead atoms. The van der Waals surface area contributed by atoms with Crippen LogP contribution in [-0.4, -0.2) is 53.4 Å². The van der Waals surface area contributed by atoms with Crippen LogP contribution in [0.2, 0.25) is 0 Å². The van der Waals surface area contributed by atoms with Crippen molar-refractivity contribution in [1.29, 1.82) is 0 Å². The predicted molar refractivity (Wildman–Crippen MR) is 110 cm³/mol. The Morgan fingerprint density at radius 2 is 2.03 bits per heavy atom. The molecule has 152 valence electrons. The molecule has 29 heavy (non-hydrogen) atoms. The third-order valence-corrected chi connectivity index (χ3v) is 5.41. The van der Waals surface area contributed by atoms with Crippen LogP contribution in [0.1, 0.15) is 28.8 Å². The Kier molecular flexibility index (Phi) is 6.98. The second kappa shape index (κ2) is 9.65. The number of methoxy groups -OCH3 is 1. The van der Waals surface area contributed by atoms with E-state index in [-0.39, 0.29) is 18.2 Å². The van der Waals surface area contributed by atoms with Crippen molar-refractivity contribution in [3.05, 3.63) is 64.4 Å². The van der Waals surface area contributed by atoms with Crippen LogP contribution in [0.25, 0.3) is 0 Å². The molecule has 1 aromatic carbocycles. The largest absolute Gasteiger partial charge is 0.467 e. The number of benzene rings is 1. The molecule has 0 saturated carbocycles. The first kappa shape index (κ1) is 21.0. The molecule has 3 rings (SSSR count). The Morgan fingerprint density at radius 3 is 2.69 bits per heavy atom. The van der Waals surface area contributed by atoms with Gasteiger partial charge in [0.05, 0.1) is 7.11 Å². The van der Waals surface area contributed by atoms with Gasteiger partial charge in [-0.3, -0.25) is 14.6 Å². The van der Waals surface area contributed by atoms with Crippen LogP contribution in [0.5, 0.6) is 0 Å². The van der Waals surface area contributed by atoms with E-state index in [4.69, 9.17) is 4.74 Å². The molecule has 1 fully saturated rings. The van der Waals surface area contributed by atoms with Gasteiger partial charge in [0.15, 0.2) is 0 Å². The molecular weight excluding hydrogens is 438 g/mol. The molecule has 1 N–H and O–H groups in total. The fourth-order valence-electron chi connectivity index (χ4n) is 3.41. The number of carbonyl (C=O) groups is 3. The normalized spacial score (nSPS) is 16.9. The Bertz CT molecular complexity index is 873. The van der Waals surface area contributed by atoms with Crippen LogP contribution < -0.4 is 5.32 Å². The monoisotopic (exact) mass is 459 g/mol. The number of amides is 2. The van der Waals surface area contributed by atoms with Crippen molar-refractivity contribution >= 4 is 33.7 Å². The van der Waals surface area contributed by atoms with Gasteiger partial charge >= 0.3 is 5.97 Å². The van der Waals surface area contributed by atoms with Crippen LogP contribution in [0.3, 0.4) is 0 Å². The molecule has 0 radical (unpaired) electrons. The summed E-state index contributed by atoms with van der Waals surface area (Å²) in [6.07, 6.45) is 4.85. The number of aromatic nitrogens is 1. The number of pyridine rings is 1. The Morgan fingerprint density at radius 1 is 1.28 bits per heavy atom. The van der Waals surface area contributed by atoms with E-state index in [9.17, 15) is 14.4 Å². The standard InChI is InChI=1S/C21H22BrN3O4/c1-29-21(28)18-5-3-11-25(18)20(27)17(12-14-4-2-10-23-13-14)24-19(26)15-6-8-16(22)9-7-15/h2,4,6-10,13,17-18H,3,5,11-12H2,1H3,(H,24,26)/t17-,18-/m0/s1. The lowest BCUT2D eigenvalue weighted by Gasteiger charge is -2.28. The van der Waals surface area contributed by atoms with Crippen LogP contribution >= 0.6 is 15.9 Å². The van der Waals surface area contributed by atoms with Crippen LogP contribution in [-0.2, 0) is 20.7 Å². The zero-order valence-corrected chi connectivity index (χ0v) is 17.6. The molecule has 0 aliphatic carbocycles. The van der Waals surface area contributed by atoms with E-state index in [0.29, 0.717) is 24.9 Å². The number of rotatable bonds is 6. The van der Waals surface area contributed by atoms with Gasteiger partial charge in [-0.15, -0.1) is 0 Å². The number of nitrogens with zero attached hydrogens (tertiary/aromatic N) is 2. The van der Waals surface area contributed by atoms with E-state index in [1.165, 1.54) is 12.0 Å². The highest BCUT2D eigenvalue weighted by Gasteiger charge is 2.38. The van der Waals surface area contributed by atoms with Gasteiger partial charge in [0.25, 0.3) is 5.91 Å². The Balaban J connectivity index is 1.82. The predicted octanol–water partition coefficient (Wildman–Crippen LogP) is 2.35. The molecule has 0 spiro atoms. The first-order valence-corrected chi connectivity index (χ1v) is 10.1. The van der Waals surface area contributed by atoms with Crippen molar-refractivity contribution < 1.29 is 19.1 Å². The molecule has 2 atom stereocenters. The number of hydrogen-bond acceptors (Lipinski definition) is 5. The van der Waals surface area contributed by atoms with Gasteiger partial charge in [0.1, 0.15) is 12.1 Å². The van der Waals surface area contributed by atoms with E-state index >= 15 is 0 Å². The summed E-state index contributed by atoms with van der Waals surface area (Å²) < 4.78 is 5.70. The molecule has 2 amide bonds. The maximum absolute atomic E-state index is 13.3. The Hall–Kier alpha value is -2.74. The summed E-state index contributed by atoms with van der Waals surface area (Å²) in [5.74, 6) is -1.09. The fraction of sp³-hybridized carbons (Fsp3) is 0.333. The first-order valence-electron chi connectivity index (χ1n) is 9.33. The number of esters is 1. The molecule has 2 aromatic rings. The zero-order valence-electron chi connectivity index (χ0n) is 16.0. The van der Waals surface area contributed by atoms with Gasteiger partial charge in [-0.25, -0.2) is 4.79 Å². The van der Waals surface area contributed by atoms with E-state index in [0.717, 1.165) is 10.0 Å². The van der Waals surface area contributed by atoms with Gasteiger partial charge in [-0.1, -0.05) is 22.0 Å². The summed E-state index contributed by atoms with van der Waals surface area (Å²) in [4.78, 5) is 43.7. The minimum Gasteiger partial charge on any atom is -0.467 e. The molecule has 8 heteroatoms. The topological polar surface area (TPSA) is 88.6 Å². The lowest BCUT2D eigenvalue weighted by Crippen LogP contribution is -2.52. The second-order valence-electron chi connectivity index (χ2n) is 6.81. The maximum atomic E-state index is 13.3. The highest BCUT2D eigenvalue weighted by atomic mass is 79.9. The van der Waals surface area contributed by atoms with Crippen LogP contribution in [0.15, 0.2) is 53.3 Å². The van der Waals surface area contributed by atoms with E-state index in [1.807, 2.05) is 6.07 Å². The number of carbonyl (C=O) groups excluding carboxylic acids is 3. The van der Waals surface area contributed by atoms with Crippen molar-refractivity contribution in [2.45, 2.75) is 31.3 Å². The number of nitrogens with one attached hydrogen (secondary N) is 1. The maximum Gasteiger partial charge on any atom is 0.328 e. The first-order chi connectivity index (χ1) is 14.0. The lowest BCUT2D eigenvalue weighted by atomic mass is 10.0. The Labute approximate surface area is 177 Å². The summed E-state index contributed by atoms with van der Waals surface area (Å²) >= 11 is 3.34. The number of hydrogen-bond donors (Lipinski definition) is 1. The summed E-state index contributed by atoms with van der Waals surface area (Å²) in [7, 11) is 1.31. The second-order valence-corrected chi connectivity index (χ2v) is 7.73. The smallest absolute Gasteiger partial charge is 0.328 e. The molecule has 1 aromatic heterocycles. The van der Waals surface area contributed by atoms with E-state index < -0.39 is 18.1 Å². The molecule has 1 saturated heterocycles. The third kappa shape index (κ3) is 5.20. The van der Waals surface area contributed by atoms with Crippen molar-refractivity contribution in [2.75, 3.05) is 13.7 Å². The summed E-state index contributed by atoms with van der Waals surface area (Å²) in [5, 5.41) is 2.83. The molecule has 1 aliphatic rings. The minimum absolute atomic E-state index is 0.277. The number of likely N-dealkylation sites (tertiary alicyclic amines) is 1. The molecule has 0 unspecified atom stereocenters. The average molecular weight is 460 g/mol. The zero-order chi connectivity index (χ0) is 20.8.